The van der Waals surface area contributed by atoms with Gasteiger partial charge in [-0.05, 0) is 36.5 Å². The lowest BCUT2D eigenvalue weighted by Crippen LogP contribution is -2.50. The molecule has 18 heteroatoms. The maximum Gasteiger partial charge on any atom is 0.326 e. The molecule has 0 atom stereocenters. The zero-order chi connectivity index (χ0) is 29.4. The molecule has 1 aromatic carbocycles. The van der Waals surface area contributed by atoms with E-state index in [0.717, 1.165) is 0 Å². The molecule has 0 unspecified atom stereocenters. The van der Waals surface area contributed by atoms with Crippen LogP contribution < -0.4 is 20.3 Å². The Morgan fingerprint density at radius 1 is 1.07 bits per heavy atom. The lowest BCUT2D eigenvalue weighted by molar-refractivity contribution is 0.0947. The number of hydrogen-bond acceptors (Lipinski definition) is 8. The number of nitrogens with one attached hydrogen (secondary N) is 2. The highest BCUT2D eigenvalue weighted by Gasteiger charge is 2.33. The van der Waals surface area contributed by atoms with Crippen molar-refractivity contribution in [2.75, 3.05) is 30.4 Å². The molecule has 0 bridgehead atoms. The number of amides is 3. The average Bonchev–Trinajstić information content (AvgIpc) is 3.50. The Bertz CT molecular complexity index is 1420. The van der Waals surface area contributed by atoms with E-state index in [1.54, 1.807) is 34.0 Å². The molecule has 1 aliphatic rings. The molecule has 1 saturated heterocycles. The van der Waals surface area contributed by atoms with E-state index in [0.29, 0.717) is 47.4 Å². The first-order valence-electron chi connectivity index (χ1n) is 13.3. The summed E-state index contributed by atoms with van der Waals surface area (Å²) in [6.45, 7) is 4.99. The molecule has 3 heterocycles. The lowest BCUT2D eigenvalue weighted by atomic mass is 9.49. The van der Waals surface area contributed by atoms with Crippen molar-refractivity contribution in [2.45, 2.75) is 30.4 Å². The van der Waals surface area contributed by atoms with E-state index in [-0.39, 0.29) is 23.0 Å². The molecule has 3 amide bonds. The van der Waals surface area contributed by atoms with Crippen molar-refractivity contribution in [1.29, 1.82) is 0 Å². The number of carbonyl (C=O) groups is 2. The Morgan fingerprint density at radius 3 is 2.38 bits per heavy atom. The van der Waals surface area contributed by atoms with Gasteiger partial charge in [-0.2, -0.15) is 5.10 Å². The highest BCUT2D eigenvalue weighted by atomic mass is 16.5. The van der Waals surface area contributed by atoms with Crippen molar-refractivity contribution in [3.63, 3.8) is 0 Å². The third-order valence-electron chi connectivity index (χ3n) is 6.33. The Kier molecular flexibility index (Phi) is 8.00. The summed E-state index contributed by atoms with van der Waals surface area (Å²) in [6.07, 6.45) is 1.69. The molecule has 0 saturated carbocycles. The van der Waals surface area contributed by atoms with Crippen molar-refractivity contribution in [3.8, 4) is 17.1 Å². The fraction of sp³-hybridized carbons (Fsp3) is 0.364. The standard InChI is InChI=1S/C22H33B6N9O3/c1-11(2)35-7-8-36(20(35)39)15-9-14(16(33-32-15)19(38)31-21(23,24)25)30-13-6-4-5-12(17(13)40-3)18-29-10-37(34-18)22(26,27)28/h4-6,9-11H,7-8,23-28H2,1-3H3,(H,30,32)(H,31,38). The number of benzene rings is 1. The molecule has 202 valence electrons. The van der Waals surface area contributed by atoms with Gasteiger partial charge in [0.05, 0.1) is 24.0 Å². The fourth-order valence-corrected chi connectivity index (χ4v) is 4.31. The Morgan fingerprint density at radius 2 is 1.80 bits per heavy atom. The maximum atomic E-state index is 13.3. The largest absolute Gasteiger partial charge is 0.494 e. The topological polar surface area (TPSA) is 130 Å². The zero-order valence-corrected chi connectivity index (χ0v) is 24.7. The normalized spacial score (nSPS) is 14.1. The molecular formula is C22H33B6N9O3. The molecule has 1 aliphatic heterocycles. The third-order valence-corrected chi connectivity index (χ3v) is 6.33. The van der Waals surface area contributed by atoms with Gasteiger partial charge in [-0.15, -0.1) is 10.2 Å². The van der Waals surface area contributed by atoms with Crippen LogP contribution in [0.15, 0.2) is 30.6 Å². The summed E-state index contributed by atoms with van der Waals surface area (Å²) in [5.74, 6) is 0.957. The number of urea groups is 1. The van der Waals surface area contributed by atoms with Gasteiger partial charge in [0.2, 0.25) is 0 Å². The van der Waals surface area contributed by atoms with Gasteiger partial charge < -0.3 is 20.3 Å². The molecule has 0 spiro atoms. The smallest absolute Gasteiger partial charge is 0.326 e. The first kappa shape index (κ1) is 29.2. The van der Waals surface area contributed by atoms with Crippen LogP contribution >= 0.6 is 0 Å². The molecule has 1 fully saturated rings. The van der Waals surface area contributed by atoms with Crippen molar-refractivity contribution in [1.82, 2.24) is 35.2 Å². The highest BCUT2D eigenvalue weighted by Crippen LogP contribution is 2.37. The molecule has 0 aliphatic carbocycles. The van der Waals surface area contributed by atoms with Crippen LogP contribution in [0.5, 0.6) is 5.75 Å². The number of ether oxygens (including phenoxy) is 1. The van der Waals surface area contributed by atoms with Crippen molar-refractivity contribution in [3.05, 3.63) is 36.3 Å². The molecule has 4 rings (SSSR count). The number of hydrogen-bond donors (Lipinski definition) is 2. The Balaban J connectivity index is 1.77. The summed E-state index contributed by atoms with van der Waals surface area (Å²) < 4.78 is 7.60. The predicted octanol–water partition coefficient (Wildman–Crippen LogP) is -4.15. The minimum absolute atomic E-state index is 0.0576. The molecule has 0 radical (unpaired) electrons. The molecular weight excluding hydrogens is 503 g/mol. The fourth-order valence-electron chi connectivity index (χ4n) is 4.31. The second kappa shape index (κ2) is 11.0. The number of nitrogens with zero attached hydrogens (tertiary/aromatic N) is 7. The first-order valence-corrected chi connectivity index (χ1v) is 13.3. The molecule has 2 N–H and O–H groups in total. The predicted molar refractivity (Wildman–Crippen MR) is 171 cm³/mol. The minimum Gasteiger partial charge on any atom is -0.494 e. The van der Waals surface area contributed by atoms with E-state index >= 15 is 0 Å². The van der Waals surface area contributed by atoms with Gasteiger partial charge >= 0.3 is 6.03 Å². The summed E-state index contributed by atoms with van der Waals surface area (Å²) in [5, 5.41) is 18.7. The van der Waals surface area contributed by atoms with E-state index in [1.165, 1.54) is 0 Å². The average molecular weight is 536 g/mol. The van der Waals surface area contributed by atoms with E-state index in [1.807, 2.05) is 79.1 Å². The number of anilines is 3. The molecule has 2 aromatic heterocycles. The summed E-state index contributed by atoms with van der Waals surface area (Å²) in [6, 6.07) is 7.14. The van der Waals surface area contributed by atoms with E-state index < -0.39 is 11.1 Å². The van der Waals surface area contributed by atoms with Gasteiger partial charge in [0.15, 0.2) is 23.1 Å². The number of carbonyl (C=O) groups excluding carboxylic acids is 2. The van der Waals surface area contributed by atoms with Crippen molar-refractivity contribution < 1.29 is 14.3 Å². The Labute approximate surface area is 239 Å². The second-order valence-corrected chi connectivity index (χ2v) is 12.1. The van der Waals surface area contributed by atoms with Crippen LogP contribution in [-0.2, 0) is 5.24 Å². The summed E-state index contributed by atoms with van der Waals surface area (Å²) >= 11 is 0. The van der Waals surface area contributed by atoms with Crippen LogP contribution in [-0.4, -0.2) is 120 Å². The van der Waals surface area contributed by atoms with E-state index in [2.05, 4.69) is 30.9 Å². The van der Waals surface area contributed by atoms with Crippen LogP contribution in [0.1, 0.15) is 24.3 Å². The minimum atomic E-state index is -0.494. The monoisotopic (exact) mass is 537 g/mol. The van der Waals surface area contributed by atoms with Crippen LogP contribution in [0.2, 0.25) is 0 Å². The van der Waals surface area contributed by atoms with Crippen molar-refractivity contribution in [2.24, 2.45) is 0 Å². The van der Waals surface area contributed by atoms with Gasteiger partial charge in [-0.1, -0.05) is 6.07 Å². The summed E-state index contributed by atoms with van der Waals surface area (Å²) in [5.41, 5.74) is 1.73. The van der Waals surface area contributed by atoms with E-state index in [4.69, 9.17) is 4.74 Å². The van der Waals surface area contributed by atoms with E-state index in [9.17, 15) is 9.59 Å². The van der Waals surface area contributed by atoms with Gasteiger partial charge in [-0.25, -0.2) is 9.78 Å². The Hall–Kier alpha value is -3.83. The van der Waals surface area contributed by atoms with Crippen LogP contribution in [0, 0.1) is 0 Å². The van der Waals surface area contributed by atoms with Gasteiger partial charge in [0, 0.05) is 25.2 Å². The number of rotatable bonds is 9. The molecule has 12 nitrogen and oxygen atoms in total. The SMILES string of the molecule is BC(B)(B)NC(=O)c1nnc(N2CCN(C(C)C)C2=O)cc1Nc1cccc(-c2ncn(C(B)(B)B)n2)c1OC. The van der Waals surface area contributed by atoms with Crippen LogP contribution in [0.4, 0.5) is 22.0 Å². The number of para-hydroxylation sites is 1. The maximum absolute atomic E-state index is 13.3. The highest BCUT2D eigenvalue weighted by molar-refractivity contribution is 6.60. The summed E-state index contributed by atoms with van der Waals surface area (Å²) in [7, 11) is 13.4. The molecule has 3 aromatic rings. The number of aromatic nitrogens is 5. The number of methoxy groups -OCH3 is 1. The van der Waals surface area contributed by atoms with Crippen molar-refractivity contribution >= 4 is 76.2 Å². The van der Waals surface area contributed by atoms with Gasteiger partial charge in [0.25, 0.3) is 5.91 Å². The second-order valence-electron chi connectivity index (χ2n) is 12.1. The zero-order valence-electron chi connectivity index (χ0n) is 24.7. The quantitative estimate of drug-likeness (QED) is 0.264. The lowest BCUT2D eigenvalue weighted by Gasteiger charge is -2.23. The third kappa shape index (κ3) is 6.15. The first-order chi connectivity index (χ1) is 18.7. The van der Waals surface area contributed by atoms with Gasteiger partial charge in [0.1, 0.15) is 53.4 Å². The van der Waals surface area contributed by atoms with Gasteiger partial charge in [-0.3, -0.25) is 14.4 Å². The van der Waals surface area contributed by atoms with Crippen LogP contribution in [0.25, 0.3) is 11.4 Å². The molecule has 40 heavy (non-hydrogen) atoms. The summed E-state index contributed by atoms with van der Waals surface area (Å²) in [4.78, 5) is 34.1. The van der Waals surface area contributed by atoms with Crippen LogP contribution in [0.3, 0.4) is 0 Å².